The normalized spacial score (nSPS) is 14.8. The van der Waals surface area contributed by atoms with Gasteiger partial charge in [0.25, 0.3) is 0 Å². The van der Waals surface area contributed by atoms with E-state index in [0.717, 1.165) is 49.7 Å². The number of likely N-dealkylation sites (tertiary alicyclic amines) is 1. The minimum atomic E-state index is 0.233. The van der Waals surface area contributed by atoms with Crippen LogP contribution in [0.5, 0.6) is 23.0 Å². The summed E-state index contributed by atoms with van der Waals surface area (Å²) in [4.78, 5) is 7.16. The average molecular weight is 428 g/mol. The molecule has 168 valence electrons. The second-order valence-corrected chi connectivity index (χ2v) is 7.32. The van der Waals surface area contributed by atoms with Crippen molar-refractivity contribution in [3.05, 3.63) is 48.0 Å². The van der Waals surface area contributed by atoms with Crippen LogP contribution in [0.4, 0.5) is 0 Å². The van der Waals surface area contributed by atoms with Crippen LogP contribution in [0, 0.1) is 0 Å². The number of nitrogens with zero attached hydrogens (tertiary/aromatic N) is 2. The van der Waals surface area contributed by atoms with E-state index in [1.807, 2.05) is 42.5 Å². The summed E-state index contributed by atoms with van der Waals surface area (Å²) in [6, 6.07) is 13.9. The van der Waals surface area contributed by atoms with E-state index in [1.54, 1.807) is 21.3 Å². The van der Waals surface area contributed by atoms with Gasteiger partial charge < -0.3 is 29.2 Å². The van der Waals surface area contributed by atoms with Crippen molar-refractivity contribution in [2.24, 2.45) is 4.99 Å². The molecule has 1 saturated heterocycles. The molecule has 0 atom stereocenters. The highest BCUT2D eigenvalue weighted by molar-refractivity contribution is 5.80. The summed E-state index contributed by atoms with van der Waals surface area (Å²) >= 11 is 0. The summed E-state index contributed by atoms with van der Waals surface area (Å²) in [7, 11) is 4.85. The van der Waals surface area contributed by atoms with E-state index < -0.39 is 0 Å². The number of guanidine groups is 1. The smallest absolute Gasteiger partial charge is 0.203 e. The van der Waals surface area contributed by atoms with Gasteiger partial charge in [-0.1, -0.05) is 18.2 Å². The quantitative estimate of drug-likeness (QED) is 0.512. The van der Waals surface area contributed by atoms with Crippen LogP contribution >= 0.6 is 0 Å². The minimum absolute atomic E-state index is 0.233. The van der Waals surface area contributed by atoms with E-state index >= 15 is 0 Å². The average Bonchev–Trinajstić information content (AvgIpc) is 2.82. The van der Waals surface area contributed by atoms with Crippen LogP contribution in [-0.2, 0) is 6.54 Å². The summed E-state index contributed by atoms with van der Waals surface area (Å²) in [6.45, 7) is 5.21. The maximum absolute atomic E-state index is 6.12. The molecule has 7 nitrogen and oxygen atoms in total. The van der Waals surface area contributed by atoms with Crippen LogP contribution in [0.3, 0.4) is 0 Å². The van der Waals surface area contributed by atoms with E-state index in [1.165, 1.54) is 0 Å². The number of piperidine rings is 1. The van der Waals surface area contributed by atoms with Crippen LogP contribution in [0.15, 0.2) is 47.5 Å². The number of aliphatic imine (C=N–C) groups is 1. The van der Waals surface area contributed by atoms with Crippen molar-refractivity contribution in [2.45, 2.75) is 32.4 Å². The molecule has 2 aromatic rings. The van der Waals surface area contributed by atoms with E-state index in [-0.39, 0.29) is 6.10 Å². The van der Waals surface area contributed by atoms with Gasteiger partial charge in [0.15, 0.2) is 17.5 Å². The molecule has 1 N–H and O–H groups in total. The fourth-order valence-electron chi connectivity index (χ4n) is 3.70. The van der Waals surface area contributed by atoms with Gasteiger partial charge in [-0.2, -0.15) is 0 Å². The first-order valence-electron chi connectivity index (χ1n) is 10.7. The van der Waals surface area contributed by atoms with Crippen molar-refractivity contribution in [3.63, 3.8) is 0 Å². The minimum Gasteiger partial charge on any atom is -0.493 e. The fourth-order valence-corrected chi connectivity index (χ4v) is 3.70. The number of methoxy groups -OCH3 is 3. The molecule has 1 heterocycles. The Kier molecular flexibility index (Phi) is 8.27. The Labute approximate surface area is 185 Å². The predicted octanol–water partition coefficient (Wildman–Crippen LogP) is 3.72. The summed E-state index contributed by atoms with van der Waals surface area (Å²) < 4.78 is 22.4. The van der Waals surface area contributed by atoms with E-state index in [2.05, 4.69) is 17.1 Å². The number of para-hydroxylation sites is 1. The molecule has 3 rings (SSSR count). The number of hydrogen-bond donors (Lipinski definition) is 1. The van der Waals surface area contributed by atoms with Gasteiger partial charge in [-0.05, 0) is 36.8 Å². The molecule has 0 aliphatic carbocycles. The summed E-state index contributed by atoms with van der Waals surface area (Å²) in [6.07, 6.45) is 2.16. The highest BCUT2D eigenvalue weighted by Crippen LogP contribution is 2.38. The lowest BCUT2D eigenvalue weighted by atomic mass is 10.1. The molecule has 7 heteroatoms. The zero-order valence-electron chi connectivity index (χ0n) is 18.9. The molecule has 0 spiro atoms. The second kappa shape index (κ2) is 11.3. The highest BCUT2D eigenvalue weighted by Gasteiger charge is 2.23. The monoisotopic (exact) mass is 427 g/mol. The topological polar surface area (TPSA) is 64.6 Å². The summed E-state index contributed by atoms with van der Waals surface area (Å²) in [5.74, 6) is 3.70. The Morgan fingerprint density at radius 1 is 1.00 bits per heavy atom. The van der Waals surface area contributed by atoms with Gasteiger partial charge in [-0.3, -0.25) is 0 Å². The van der Waals surface area contributed by atoms with Crippen molar-refractivity contribution in [3.8, 4) is 23.0 Å². The molecule has 0 unspecified atom stereocenters. The number of nitrogens with one attached hydrogen (secondary N) is 1. The van der Waals surface area contributed by atoms with Crippen molar-refractivity contribution < 1.29 is 18.9 Å². The molecule has 1 fully saturated rings. The van der Waals surface area contributed by atoms with Gasteiger partial charge in [0, 0.05) is 32.5 Å². The lowest BCUT2D eigenvalue weighted by Crippen LogP contribution is -2.47. The fraction of sp³-hybridized carbons (Fsp3) is 0.458. The molecule has 0 saturated carbocycles. The first-order valence-corrected chi connectivity index (χ1v) is 10.7. The van der Waals surface area contributed by atoms with Crippen LogP contribution in [0.2, 0.25) is 0 Å². The zero-order chi connectivity index (χ0) is 22.1. The van der Waals surface area contributed by atoms with Gasteiger partial charge in [-0.25, -0.2) is 4.99 Å². The van der Waals surface area contributed by atoms with Crippen molar-refractivity contribution >= 4 is 5.96 Å². The summed E-state index contributed by atoms with van der Waals surface area (Å²) in [5.41, 5.74) is 0.993. The molecule has 2 aromatic carbocycles. The first-order chi connectivity index (χ1) is 15.2. The van der Waals surface area contributed by atoms with Gasteiger partial charge >= 0.3 is 0 Å². The lowest BCUT2D eigenvalue weighted by molar-refractivity contribution is 0.129. The Morgan fingerprint density at radius 3 is 2.19 bits per heavy atom. The second-order valence-electron chi connectivity index (χ2n) is 7.32. The standard InChI is InChI=1S/C24H33N3O4/c1-5-25-24(26-17-18-15-21(28-2)23(30-4)22(16-18)29-3)27-13-11-20(12-14-27)31-19-9-7-6-8-10-19/h6-10,15-16,20H,5,11-14,17H2,1-4H3,(H,25,26). The van der Waals surface area contributed by atoms with E-state index in [9.17, 15) is 0 Å². The molecular weight excluding hydrogens is 394 g/mol. The SMILES string of the molecule is CCNC(=NCc1cc(OC)c(OC)c(OC)c1)N1CCC(Oc2ccccc2)CC1. The molecule has 0 aromatic heterocycles. The van der Waals surface area contributed by atoms with Crippen LogP contribution in [0.1, 0.15) is 25.3 Å². The van der Waals surface area contributed by atoms with Gasteiger partial charge in [0.2, 0.25) is 5.75 Å². The maximum Gasteiger partial charge on any atom is 0.203 e. The third-order valence-electron chi connectivity index (χ3n) is 5.26. The Balaban J connectivity index is 1.65. The molecule has 0 bridgehead atoms. The van der Waals surface area contributed by atoms with E-state index in [0.29, 0.717) is 23.8 Å². The molecule has 1 aliphatic rings. The van der Waals surface area contributed by atoms with Crippen molar-refractivity contribution in [1.29, 1.82) is 0 Å². The number of ether oxygens (including phenoxy) is 4. The Hall–Kier alpha value is -3.09. The molecule has 1 aliphatic heterocycles. The molecule has 31 heavy (non-hydrogen) atoms. The predicted molar refractivity (Wildman–Crippen MR) is 123 cm³/mol. The van der Waals surface area contributed by atoms with Crippen LogP contribution < -0.4 is 24.3 Å². The Morgan fingerprint density at radius 2 is 1.65 bits per heavy atom. The first kappa shape index (κ1) is 22.6. The van der Waals surface area contributed by atoms with Crippen LogP contribution in [0.25, 0.3) is 0 Å². The zero-order valence-corrected chi connectivity index (χ0v) is 18.9. The number of benzene rings is 2. The summed E-state index contributed by atoms with van der Waals surface area (Å²) in [5, 5.41) is 3.41. The number of rotatable bonds is 8. The van der Waals surface area contributed by atoms with Crippen molar-refractivity contribution in [1.82, 2.24) is 10.2 Å². The maximum atomic E-state index is 6.12. The molecule has 0 amide bonds. The highest BCUT2D eigenvalue weighted by atomic mass is 16.5. The third-order valence-corrected chi connectivity index (χ3v) is 5.26. The van der Waals surface area contributed by atoms with Crippen molar-refractivity contribution in [2.75, 3.05) is 41.0 Å². The van der Waals surface area contributed by atoms with Gasteiger partial charge in [0.1, 0.15) is 11.9 Å². The lowest BCUT2D eigenvalue weighted by Gasteiger charge is -2.34. The van der Waals surface area contributed by atoms with Crippen LogP contribution in [-0.4, -0.2) is 57.9 Å². The largest absolute Gasteiger partial charge is 0.493 e. The number of hydrogen-bond acceptors (Lipinski definition) is 5. The third kappa shape index (κ3) is 5.96. The Bertz CT molecular complexity index is 824. The molecule has 0 radical (unpaired) electrons. The van der Waals surface area contributed by atoms with Gasteiger partial charge in [-0.15, -0.1) is 0 Å². The van der Waals surface area contributed by atoms with E-state index in [4.69, 9.17) is 23.9 Å². The van der Waals surface area contributed by atoms with Gasteiger partial charge in [0.05, 0.1) is 27.9 Å². The molecular formula is C24H33N3O4.